The number of fused-ring (bicyclic) bond motifs is 3. The molecule has 0 aliphatic heterocycles. The molecule has 0 bridgehead atoms. The molecule has 0 amide bonds. The van der Waals surface area contributed by atoms with Gasteiger partial charge in [0, 0.05) is 10.8 Å². The number of aryl methyl sites for hydroxylation is 2. The lowest BCUT2D eigenvalue weighted by Gasteiger charge is -1.95. The first-order valence-electron chi connectivity index (χ1n) is 6.69. The van der Waals surface area contributed by atoms with Crippen molar-refractivity contribution in [3.8, 4) is 0 Å². The first-order valence-corrected chi connectivity index (χ1v) is 6.69. The van der Waals surface area contributed by atoms with Crippen molar-refractivity contribution in [3.63, 3.8) is 0 Å². The van der Waals surface area contributed by atoms with Crippen molar-refractivity contribution in [3.05, 3.63) is 47.5 Å². The minimum Gasteiger partial charge on any atom is -0.456 e. The zero-order valence-corrected chi connectivity index (χ0v) is 11.6. The smallest absolute Gasteiger partial charge is 0.135 e. The van der Waals surface area contributed by atoms with E-state index in [-0.39, 0.29) is 0 Å². The van der Waals surface area contributed by atoms with Crippen LogP contribution in [0.25, 0.3) is 21.9 Å². The lowest BCUT2D eigenvalue weighted by Crippen LogP contribution is -1.77. The number of rotatable bonds is 1. The maximum atomic E-state index is 5.81. The Morgan fingerprint density at radius 1 is 0.889 bits per heavy atom. The van der Waals surface area contributed by atoms with Crippen molar-refractivity contribution < 1.29 is 4.42 Å². The largest absolute Gasteiger partial charge is 0.456 e. The van der Waals surface area contributed by atoms with E-state index in [1.54, 1.807) is 0 Å². The van der Waals surface area contributed by atoms with Gasteiger partial charge in [0.05, 0.1) is 0 Å². The van der Waals surface area contributed by atoms with Gasteiger partial charge in [-0.2, -0.15) is 0 Å². The van der Waals surface area contributed by atoms with Crippen LogP contribution in [0.1, 0.15) is 31.9 Å². The summed E-state index contributed by atoms with van der Waals surface area (Å²) in [6.45, 7) is 8.29. The lowest BCUT2D eigenvalue weighted by molar-refractivity contribution is 0.668. The van der Waals surface area contributed by atoms with E-state index < -0.39 is 0 Å². The van der Waals surface area contributed by atoms with Crippen LogP contribution in [0.5, 0.6) is 0 Å². The van der Waals surface area contributed by atoms with Crippen LogP contribution >= 0.6 is 0 Å². The minimum absolute atomic E-state index is 0.980. The Hall–Kier alpha value is -1.76. The van der Waals surface area contributed by atoms with Crippen molar-refractivity contribution in [2.75, 3.05) is 0 Å². The van der Waals surface area contributed by atoms with Crippen LogP contribution in [-0.4, -0.2) is 0 Å². The van der Waals surface area contributed by atoms with Crippen LogP contribution in [-0.2, 0) is 6.42 Å². The van der Waals surface area contributed by atoms with Crippen molar-refractivity contribution >= 4 is 21.9 Å². The third-order valence-corrected chi connectivity index (χ3v) is 3.10. The summed E-state index contributed by atoms with van der Waals surface area (Å²) in [6.07, 6.45) is 1.06. The summed E-state index contributed by atoms with van der Waals surface area (Å²) in [6, 6.07) is 12.8. The molecule has 0 unspecified atom stereocenters. The van der Waals surface area contributed by atoms with E-state index in [4.69, 9.17) is 4.42 Å². The fraction of sp³-hybridized carbons (Fsp3) is 0.294. The van der Waals surface area contributed by atoms with E-state index in [9.17, 15) is 0 Å². The van der Waals surface area contributed by atoms with Crippen LogP contribution in [0.4, 0.5) is 0 Å². The first-order chi connectivity index (χ1) is 8.78. The summed E-state index contributed by atoms with van der Waals surface area (Å²) in [5, 5.41) is 2.46. The zero-order valence-electron chi connectivity index (χ0n) is 11.6. The van der Waals surface area contributed by atoms with Gasteiger partial charge in [-0.1, -0.05) is 38.5 Å². The Kier molecular flexibility index (Phi) is 3.71. The number of furan rings is 1. The SMILES string of the molecule is CC.CCc1ccc2oc3ccc(C)cc3c2c1. The summed E-state index contributed by atoms with van der Waals surface area (Å²) in [5.74, 6) is 0. The molecule has 0 radical (unpaired) electrons. The second-order valence-electron chi connectivity index (χ2n) is 4.29. The number of hydrogen-bond donors (Lipinski definition) is 0. The summed E-state index contributed by atoms with van der Waals surface area (Å²) in [5.41, 5.74) is 4.60. The minimum atomic E-state index is 0.980. The third kappa shape index (κ3) is 2.13. The van der Waals surface area contributed by atoms with E-state index in [1.807, 2.05) is 13.8 Å². The van der Waals surface area contributed by atoms with Crippen molar-refractivity contribution in [2.45, 2.75) is 34.1 Å². The van der Waals surface area contributed by atoms with Crippen LogP contribution in [0, 0.1) is 6.92 Å². The highest BCUT2D eigenvalue weighted by Gasteiger charge is 2.06. The molecule has 1 heteroatoms. The first kappa shape index (κ1) is 12.7. The molecular formula is C17H20O. The molecule has 1 heterocycles. The molecule has 0 saturated carbocycles. The Bertz CT molecular complexity index is 662. The molecule has 94 valence electrons. The van der Waals surface area contributed by atoms with E-state index in [0.29, 0.717) is 0 Å². The highest BCUT2D eigenvalue weighted by Crippen LogP contribution is 2.30. The van der Waals surface area contributed by atoms with Gasteiger partial charge in [0.25, 0.3) is 0 Å². The fourth-order valence-corrected chi connectivity index (χ4v) is 2.16. The Morgan fingerprint density at radius 2 is 1.50 bits per heavy atom. The monoisotopic (exact) mass is 240 g/mol. The van der Waals surface area contributed by atoms with E-state index in [0.717, 1.165) is 17.6 Å². The zero-order chi connectivity index (χ0) is 13.1. The normalized spacial score (nSPS) is 10.4. The molecule has 0 aliphatic rings. The molecule has 0 spiro atoms. The molecule has 18 heavy (non-hydrogen) atoms. The predicted octanol–water partition coefficient (Wildman–Crippen LogP) is 5.48. The van der Waals surface area contributed by atoms with Gasteiger partial charge in [0.2, 0.25) is 0 Å². The van der Waals surface area contributed by atoms with E-state index in [1.165, 1.54) is 21.9 Å². The molecule has 2 aromatic carbocycles. The van der Waals surface area contributed by atoms with Gasteiger partial charge in [-0.3, -0.25) is 0 Å². The van der Waals surface area contributed by atoms with Crippen molar-refractivity contribution in [1.82, 2.24) is 0 Å². The molecule has 0 N–H and O–H groups in total. The van der Waals surface area contributed by atoms with Crippen LogP contribution in [0.15, 0.2) is 40.8 Å². The third-order valence-electron chi connectivity index (χ3n) is 3.10. The van der Waals surface area contributed by atoms with Crippen LogP contribution in [0.3, 0.4) is 0 Å². The number of benzene rings is 2. The molecule has 3 aromatic rings. The second kappa shape index (κ2) is 5.26. The van der Waals surface area contributed by atoms with Crippen LogP contribution < -0.4 is 0 Å². The Morgan fingerprint density at radius 3 is 2.17 bits per heavy atom. The topological polar surface area (TPSA) is 13.1 Å². The molecule has 0 saturated heterocycles. The van der Waals surface area contributed by atoms with Gasteiger partial charge in [-0.25, -0.2) is 0 Å². The lowest BCUT2D eigenvalue weighted by atomic mass is 10.1. The van der Waals surface area contributed by atoms with E-state index >= 15 is 0 Å². The van der Waals surface area contributed by atoms with Crippen LogP contribution in [0.2, 0.25) is 0 Å². The molecule has 0 fully saturated rings. The standard InChI is InChI=1S/C15H14O.C2H6/c1-3-11-5-7-15-13(9-11)12-8-10(2)4-6-14(12)16-15;1-2/h4-9H,3H2,1-2H3;1-2H3. The molecule has 0 aliphatic carbocycles. The van der Waals surface area contributed by atoms with Gasteiger partial charge >= 0.3 is 0 Å². The maximum Gasteiger partial charge on any atom is 0.135 e. The highest BCUT2D eigenvalue weighted by molar-refractivity contribution is 6.05. The van der Waals surface area contributed by atoms with Gasteiger partial charge in [-0.15, -0.1) is 0 Å². The molecule has 3 rings (SSSR count). The second-order valence-corrected chi connectivity index (χ2v) is 4.29. The van der Waals surface area contributed by atoms with Crippen molar-refractivity contribution in [2.24, 2.45) is 0 Å². The summed E-state index contributed by atoms with van der Waals surface area (Å²) >= 11 is 0. The summed E-state index contributed by atoms with van der Waals surface area (Å²) < 4.78 is 5.81. The Labute approximate surface area is 108 Å². The van der Waals surface area contributed by atoms with Gasteiger partial charge < -0.3 is 4.42 Å². The molecule has 0 atom stereocenters. The summed E-state index contributed by atoms with van der Waals surface area (Å²) in [4.78, 5) is 0. The van der Waals surface area contributed by atoms with E-state index in [2.05, 4.69) is 50.2 Å². The van der Waals surface area contributed by atoms with Gasteiger partial charge in [0.15, 0.2) is 0 Å². The fourth-order valence-electron chi connectivity index (χ4n) is 2.16. The quantitative estimate of drug-likeness (QED) is 0.548. The molecular weight excluding hydrogens is 220 g/mol. The highest BCUT2D eigenvalue weighted by atomic mass is 16.3. The van der Waals surface area contributed by atoms with Crippen molar-refractivity contribution in [1.29, 1.82) is 0 Å². The summed E-state index contributed by atoms with van der Waals surface area (Å²) in [7, 11) is 0. The average Bonchev–Trinajstić information content (AvgIpc) is 2.78. The van der Waals surface area contributed by atoms with Gasteiger partial charge in [-0.05, 0) is 43.2 Å². The average molecular weight is 240 g/mol. The maximum absolute atomic E-state index is 5.81. The Balaban J connectivity index is 0.000000574. The molecule has 1 nitrogen and oxygen atoms in total. The predicted molar refractivity (Wildman–Crippen MR) is 79.2 cm³/mol. The molecule has 1 aromatic heterocycles. The van der Waals surface area contributed by atoms with Gasteiger partial charge in [0.1, 0.15) is 11.2 Å². The number of hydrogen-bond acceptors (Lipinski definition) is 1.